The average molecular weight is 328 g/mol. The van der Waals surface area contributed by atoms with Gasteiger partial charge in [0.2, 0.25) is 5.91 Å². The summed E-state index contributed by atoms with van der Waals surface area (Å²) in [4.78, 5) is 16.6. The van der Waals surface area contributed by atoms with E-state index in [-0.39, 0.29) is 18.4 Å². The van der Waals surface area contributed by atoms with Crippen LogP contribution in [0.5, 0.6) is 0 Å². The minimum absolute atomic E-state index is 0.139. The van der Waals surface area contributed by atoms with Crippen LogP contribution in [-0.2, 0) is 11.2 Å². The van der Waals surface area contributed by atoms with Crippen LogP contribution in [-0.4, -0.2) is 16.0 Å². The number of hydrogen-bond donors (Lipinski definition) is 1. The summed E-state index contributed by atoms with van der Waals surface area (Å²) in [7, 11) is 0. The zero-order valence-electron chi connectivity index (χ0n) is 12.1. The minimum atomic E-state index is -0.380. The van der Waals surface area contributed by atoms with Crippen molar-refractivity contribution in [2.75, 3.05) is 0 Å². The van der Waals surface area contributed by atoms with E-state index < -0.39 is 0 Å². The number of amides is 1. The summed E-state index contributed by atoms with van der Waals surface area (Å²) < 4.78 is 4.75. The molecular weight excluding hydrogens is 314 g/mol. The van der Waals surface area contributed by atoms with Gasteiger partial charge in [-0.3, -0.25) is 9.78 Å². The molecule has 5 nitrogen and oxygen atoms in total. The molecule has 116 valence electrons. The Bertz CT molecular complexity index is 776. The van der Waals surface area contributed by atoms with Crippen molar-refractivity contribution in [1.29, 1.82) is 0 Å². The van der Waals surface area contributed by atoms with E-state index >= 15 is 0 Å². The molecule has 1 amide bonds. The lowest BCUT2D eigenvalue weighted by Crippen LogP contribution is -2.31. The molecule has 0 bridgehead atoms. The molecule has 0 saturated carbocycles. The zero-order valence-corrected chi connectivity index (χ0v) is 12.9. The molecule has 0 aliphatic rings. The van der Waals surface area contributed by atoms with Crippen LogP contribution in [0.15, 0.2) is 65.5 Å². The Morgan fingerprint density at radius 2 is 2.13 bits per heavy atom. The second kappa shape index (κ2) is 7.07. The van der Waals surface area contributed by atoms with E-state index in [0.29, 0.717) is 10.7 Å². The highest BCUT2D eigenvalue weighted by Crippen LogP contribution is 2.23. The normalized spacial score (nSPS) is 11.9. The Kier molecular flexibility index (Phi) is 4.68. The first-order valence-corrected chi connectivity index (χ1v) is 7.45. The third-order valence-electron chi connectivity index (χ3n) is 3.30. The number of benzene rings is 1. The van der Waals surface area contributed by atoms with Crippen molar-refractivity contribution >= 4 is 17.5 Å². The topological polar surface area (TPSA) is 68.0 Å². The van der Waals surface area contributed by atoms with Gasteiger partial charge >= 0.3 is 0 Å². The average Bonchev–Trinajstić information content (AvgIpc) is 3.06. The van der Waals surface area contributed by atoms with Crippen LogP contribution in [0.2, 0.25) is 5.02 Å². The molecule has 0 spiro atoms. The van der Waals surface area contributed by atoms with Crippen LogP contribution >= 0.6 is 11.6 Å². The second-order valence-corrected chi connectivity index (χ2v) is 5.41. The lowest BCUT2D eigenvalue weighted by atomic mass is 10.0. The predicted molar refractivity (Wildman–Crippen MR) is 85.9 cm³/mol. The summed E-state index contributed by atoms with van der Waals surface area (Å²) in [5, 5.41) is 7.33. The van der Waals surface area contributed by atoms with Crippen molar-refractivity contribution in [2.45, 2.75) is 12.5 Å². The lowest BCUT2D eigenvalue weighted by molar-refractivity contribution is -0.121. The molecule has 0 unspecified atom stereocenters. The molecule has 1 aromatic carbocycles. The summed E-state index contributed by atoms with van der Waals surface area (Å²) in [6.45, 7) is 0. The van der Waals surface area contributed by atoms with Gasteiger partial charge in [0.05, 0.1) is 23.9 Å². The third-order valence-corrected chi connectivity index (χ3v) is 3.54. The van der Waals surface area contributed by atoms with Crippen molar-refractivity contribution in [3.05, 3.63) is 83.0 Å². The zero-order chi connectivity index (χ0) is 16.1. The van der Waals surface area contributed by atoms with Crippen LogP contribution < -0.4 is 5.32 Å². The van der Waals surface area contributed by atoms with Gasteiger partial charge in [0.25, 0.3) is 0 Å². The van der Waals surface area contributed by atoms with E-state index in [4.69, 9.17) is 16.1 Å². The molecule has 3 aromatic rings. The van der Waals surface area contributed by atoms with Gasteiger partial charge in [-0.15, -0.1) is 0 Å². The maximum absolute atomic E-state index is 12.3. The Labute approximate surface area is 138 Å². The summed E-state index contributed by atoms with van der Waals surface area (Å²) >= 11 is 6.07. The molecule has 1 N–H and O–H groups in total. The van der Waals surface area contributed by atoms with Gasteiger partial charge in [-0.1, -0.05) is 35.0 Å². The molecule has 0 fully saturated rings. The van der Waals surface area contributed by atoms with Gasteiger partial charge in [-0.25, -0.2) is 0 Å². The van der Waals surface area contributed by atoms with Crippen molar-refractivity contribution in [3.63, 3.8) is 0 Å². The number of aromatic nitrogens is 2. The van der Waals surface area contributed by atoms with Crippen LogP contribution in [0.25, 0.3) is 0 Å². The molecule has 6 heteroatoms. The van der Waals surface area contributed by atoms with Crippen molar-refractivity contribution in [2.24, 2.45) is 0 Å². The first-order valence-electron chi connectivity index (χ1n) is 7.07. The summed E-state index contributed by atoms with van der Waals surface area (Å²) in [5.41, 5.74) is 2.18. The predicted octanol–water partition coefficient (Wildman–Crippen LogP) is 3.17. The van der Waals surface area contributed by atoms with Crippen molar-refractivity contribution < 1.29 is 9.32 Å². The molecule has 2 heterocycles. The van der Waals surface area contributed by atoms with Crippen LogP contribution in [0.3, 0.4) is 0 Å². The number of nitrogens with one attached hydrogen (secondary N) is 1. The second-order valence-electron chi connectivity index (χ2n) is 4.98. The SMILES string of the molecule is O=C(Cc1ccon1)N[C@@H](c1cccc(Cl)c1)c1ccccn1. The van der Waals surface area contributed by atoms with Crippen LogP contribution in [0, 0.1) is 0 Å². The molecule has 0 radical (unpaired) electrons. The monoisotopic (exact) mass is 327 g/mol. The van der Waals surface area contributed by atoms with Crippen molar-refractivity contribution in [3.8, 4) is 0 Å². The summed E-state index contributed by atoms with van der Waals surface area (Å²) in [5.74, 6) is -0.172. The number of nitrogens with zero attached hydrogens (tertiary/aromatic N) is 2. The molecule has 0 aliphatic heterocycles. The molecule has 1 atom stereocenters. The molecule has 3 rings (SSSR count). The fourth-order valence-corrected chi connectivity index (χ4v) is 2.46. The van der Waals surface area contributed by atoms with Crippen molar-refractivity contribution in [1.82, 2.24) is 15.5 Å². The largest absolute Gasteiger partial charge is 0.364 e. The number of halogens is 1. The molecule has 23 heavy (non-hydrogen) atoms. The highest BCUT2D eigenvalue weighted by Gasteiger charge is 2.19. The first kappa shape index (κ1) is 15.2. The standard InChI is InChI=1S/C17H14ClN3O2/c18-13-5-3-4-12(10-13)17(15-6-1-2-8-19-15)20-16(22)11-14-7-9-23-21-14/h1-10,17H,11H2,(H,20,22)/t17-/m0/s1. The number of hydrogen-bond acceptors (Lipinski definition) is 4. The number of carbonyl (C=O) groups is 1. The van der Waals surface area contributed by atoms with Gasteiger partial charge in [-0.2, -0.15) is 0 Å². The van der Waals surface area contributed by atoms with Gasteiger partial charge in [0, 0.05) is 17.3 Å². The van der Waals surface area contributed by atoms with Gasteiger partial charge in [0.15, 0.2) is 0 Å². The fraction of sp³-hybridized carbons (Fsp3) is 0.118. The Hall–Kier alpha value is -2.66. The highest BCUT2D eigenvalue weighted by atomic mass is 35.5. The Morgan fingerprint density at radius 1 is 1.22 bits per heavy atom. The van der Waals surface area contributed by atoms with Crippen LogP contribution in [0.1, 0.15) is 23.0 Å². The summed E-state index contributed by atoms with van der Waals surface area (Å²) in [6.07, 6.45) is 3.27. The highest BCUT2D eigenvalue weighted by molar-refractivity contribution is 6.30. The molecule has 0 saturated heterocycles. The van der Waals surface area contributed by atoms with E-state index in [0.717, 1.165) is 11.3 Å². The number of rotatable bonds is 5. The van der Waals surface area contributed by atoms with E-state index in [2.05, 4.69) is 15.5 Å². The molecular formula is C17H14ClN3O2. The van der Waals surface area contributed by atoms with E-state index in [1.54, 1.807) is 18.3 Å². The Morgan fingerprint density at radius 3 is 2.83 bits per heavy atom. The molecule has 2 aromatic heterocycles. The van der Waals surface area contributed by atoms with E-state index in [9.17, 15) is 4.79 Å². The minimum Gasteiger partial charge on any atom is -0.364 e. The summed E-state index contributed by atoms with van der Waals surface area (Å²) in [6, 6.07) is 14.2. The Balaban J connectivity index is 1.85. The van der Waals surface area contributed by atoms with Gasteiger partial charge < -0.3 is 9.84 Å². The van der Waals surface area contributed by atoms with Gasteiger partial charge in [-0.05, 0) is 29.8 Å². The smallest absolute Gasteiger partial charge is 0.226 e. The third kappa shape index (κ3) is 3.96. The first-order chi connectivity index (χ1) is 11.2. The maximum atomic E-state index is 12.3. The van der Waals surface area contributed by atoms with Gasteiger partial charge in [0.1, 0.15) is 6.26 Å². The lowest BCUT2D eigenvalue weighted by Gasteiger charge is -2.19. The number of carbonyl (C=O) groups excluding carboxylic acids is 1. The fourth-order valence-electron chi connectivity index (χ4n) is 2.27. The maximum Gasteiger partial charge on any atom is 0.226 e. The number of pyridine rings is 1. The quantitative estimate of drug-likeness (QED) is 0.781. The van der Waals surface area contributed by atoms with E-state index in [1.165, 1.54) is 6.26 Å². The molecule has 0 aliphatic carbocycles. The van der Waals surface area contributed by atoms with Crippen LogP contribution in [0.4, 0.5) is 0 Å². The van der Waals surface area contributed by atoms with E-state index in [1.807, 2.05) is 36.4 Å².